The molecule has 8 nitrogen and oxygen atoms in total. The molecule has 3 rings (SSSR count). The molecule has 0 amide bonds. The van der Waals surface area contributed by atoms with Gasteiger partial charge in [-0.25, -0.2) is 4.83 Å². The predicted octanol–water partition coefficient (Wildman–Crippen LogP) is 4.01. The number of nitro benzene ring substituents is 1. The molecule has 0 aliphatic rings. The van der Waals surface area contributed by atoms with Crippen molar-refractivity contribution in [3.05, 3.63) is 94.0 Å². The zero-order valence-electron chi connectivity index (χ0n) is 15.3. The van der Waals surface area contributed by atoms with Crippen LogP contribution in [0.25, 0.3) is 0 Å². The number of rotatable bonds is 7. The number of hydrogen-bond acceptors (Lipinski definition) is 6. The second kappa shape index (κ2) is 8.53. The van der Waals surface area contributed by atoms with Gasteiger partial charge in [-0.3, -0.25) is 10.1 Å². The van der Waals surface area contributed by atoms with Crippen LogP contribution in [0, 0.1) is 17.0 Å². The summed E-state index contributed by atoms with van der Waals surface area (Å²) >= 11 is 0. The lowest BCUT2D eigenvalue weighted by atomic mass is 10.2. The molecule has 0 bridgehead atoms. The van der Waals surface area contributed by atoms with E-state index in [1.165, 1.54) is 25.3 Å². The summed E-state index contributed by atoms with van der Waals surface area (Å²) in [7, 11) is -4.05. The molecule has 148 valence electrons. The molecule has 0 saturated heterocycles. The number of aryl methyl sites for hydroxylation is 1. The van der Waals surface area contributed by atoms with Crippen LogP contribution < -0.4 is 9.57 Å². The Kier molecular flexibility index (Phi) is 5.89. The van der Waals surface area contributed by atoms with Crippen molar-refractivity contribution in [2.24, 2.45) is 5.10 Å². The number of hydrazone groups is 1. The van der Waals surface area contributed by atoms with Gasteiger partial charge in [0, 0.05) is 11.6 Å². The van der Waals surface area contributed by atoms with Crippen molar-refractivity contribution in [3.8, 4) is 11.5 Å². The minimum absolute atomic E-state index is 0.242. The number of nitrogens with one attached hydrogen (secondary N) is 1. The molecule has 0 aromatic heterocycles. The molecule has 0 saturated carbocycles. The number of nitro groups is 1. The molecule has 0 atom stereocenters. The van der Waals surface area contributed by atoms with E-state index >= 15 is 0 Å². The Labute approximate surface area is 167 Å². The third kappa shape index (κ3) is 5.17. The van der Waals surface area contributed by atoms with E-state index in [0.29, 0.717) is 22.6 Å². The van der Waals surface area contributed by atoms with E-state index < -0.39 is 14.9 Å². The second-order valence-corrected chi connectivity index (χ2v) is 7.71. The molecular weight excluding hydrogens is 394 g/mol. The van der Waals surface area contributed by atoms with Crippen LogP contribution in [0.2, 0.25) is 0 Å². The Balaban J connectivity index is 1.73. The maximum atomic E-state index is 12.3. The molecule has 0 fully saturated rings. The summed E-state index contributed by atoms with van der Waals surface area (Å²) in [6.07, 6.45) is 1.32. The third-order valence-electron chi connectivity index (χ3n) is 3.91. The van der Waals surface area contributed by atoms with Gasteiger partial charge in [0.25, 0.3) is 15.7 Å². The smallest absolute Gasteiger partial charge is 0.276 e. The van der Waals surface area contributed by atoms with Crippen molar-refractivity contribution in [2.45, 2.75) is 11.8 Å². The van der Waals surface area contributed by atoms with Crippen molar-refractivity contribution in [3.63, 3.8) is 0 Å². The molecule has 9 heteroatoms. The number of sulfonamides is 1. The molecule has 3 aromatic carbocycles. The average molecular weight is 411 g/mol. The number of para-hydroxylation sites is 1. The molecule has 0 spiro atoms. The summed E-state index contributed by atoms with van der Waals surface area (Å²) in [5.74, 6) is 1.24. The van der Waals surface area contributed by atoms with Crippen LogP contribution in [0.1, 0.15) is 11.1 Å². The largest absolute Gasteiger partial charge is 0.457 e. The standard InChI is InChI=1S/C20H17N3O5S/c1-15-10-11-19(13-20(15)23(24)25)29(26,27)22-21-14-16-6-5-9-18(12-16)28-17-7-3-2-4-8-17/h2-14,22H,1H3/b21-14+. The molecule has 29 heavy (non-hydrogen) atoms. The summed E-state index contributed by atoms with van der Waals surface area (Å²) < 4.78 is 30.4. The summed E-state index contributed by atoms with van der Waals surface area (Å²) in [5.41, 5.74) is 0.700. The van der Waals surface area contributed by atoms with Crippen LogP contribution in [0.15, 0.2) is 82.8 Å². The van der Waals surface area contributed by atoms with Crippen molar-refractivity contribution < 1.29 is 18.1 Å². The van der Waals surface area contributed by atoms with Crippen LogP contribution in [-0.4, -0.2) is 19.6 Å². The first-order valence-electron chi connectivity index (χ1n) is 8.48. The number of hydrogen-bond donors (Lipinski definition) is 1. The normalized spacial score (nSPS) is 11.3. The third-order valence-corrected chi connectivity index (χ3v) is 5.13. The first kappa shape index (κ1) is 20.0. The first-order valence-corrected chi connectivity index (χ1v) is 9.96. The van der Waals surface area contributed by atoms with E-state index in [-0.39, 0.29) is 10.6 Å². The van der Waals surface area contributed by atoms with Gasteiger partial charge >= 0.3 is 0 Å². The lowest BCUT2D eigenvalue weighted by Crippen LogP contribution is -2.18. The monoisotopic (exact) mass is 411 g/mol. The van der Waals surface area contributed by atoms with Crippen LogP contribution in [0.4, 0.5) is 5.69 Å². The highest BCUT2D eigenvalue weighted by atomic mass is 32.2. The summed E-state index contributed by atoms with van der Waals surface area (Å²) in [6, 6.07) is 19.8. The number of ether oxygens (including phenoxy) is 1. The van der Waals surface area contributed by atoms with E-state index in [1.807, 2.05) is 30.3 Å². The Bertz CT molecular complexity index is 1160. The van der Waals surface area contributed by atoms with Gasteiger partial charge in [0.1, 0.15) is 11.5 Å². The molecule has 0 aliphatic heterocycles. The second-order valence-electron chi connectivity index (χ2n) is 6.05. The minimum atomic E-state index is -4.05. The van der Waals surface area contributed by atoms with E-state index in [1.54, 1.807) is 24.3 Å². The molecule has 0 radical (unpaired) electrons. The van der Waals surface area contributed by atoms with Crippen LogP contribution in [0.3, 0.4) is 0 Å². The highest BCUT2D eigenvalue weighted by molar-refractivity contribution is 7.89. The zero-order valence-corrected chi connectivity index (χ0v) is 16.2. The molecule has 0 aliphatic carbocycles. The zero-order chi connectivity index (χ0) is 20.9. The van der Waals surface area contributed by atoms with Gasteiger partial charge in [-0.15, -0.1) is 0 Å². The number of benzene rings is 3. The van der Waals surface area contributed by atoms with Crippen molar-refractivity contribution in [1.82, 2.24) is 4.83 Å². The Hall–Kier alpha value is -3.72. The van der Waals surface area contributed by atoms with E-state index in [9.17, 15) is 18.5 Å². The summed E-state index contributed by atoms with van der Waals surface area (Å²) in [6.45, 7) is 1.53. The Morgan fingerprint density at radius 3 is 2.45 bits per heavy atom. The molecule has 1 N–H and O–H groups in total. The lowest BCUT2D eigenvalue weighted by Gasteiger charge is -2.06. The van der Waals surface area contributed by atoms with Crippen LogP contribution in [0.5, 0.6) is 11.5 Å². The summed E-state index contributed by atoms with van der Waals surface area (Å²) in [4.78, 5) is 12.2. The van der Waals surface area contributed by atoms with E-state index in [0.717, 1.165) is 6.07 Å². The SMILES string of the molecule is Cc1ccc(S(=O)(=O)N/N=C/c2cccc(Oc3ccccc3)c2)cc1[N+](=O)[O-]. The number of nitrogens with zero attached hydrogens (tertiary/aromatic N) is 2. The maximum Gasteiger partial charge on any atom is 0.276 e. The van der Waals surface area contributed by atoms with E-state index in [2.05, 4.69) is 9.93 Å². The van der Waals surface area contributed by atoms with E-state index in [4.69, 9.17) is 4.74 Å². The Morgan fingerprint density at radius 2 is 1.72 bits per heavy atom. The van der Waals surface area contributed by atoms with Gasteiger partial charge in [-0.05, 0) is 42.8 Å². The minimum Gasteiger partial charge on any atom is -0.457 e. The highest BCUT2D eigenvalue weighted by Crippen LogP contribution is 2.23. The summed E-state index contributed by atoms with van der Waals surface area (Å²) in [5, 5.41) is 14.8. The van der Waals surface area contributed by atoms with Crippen LogP contribution in [-0.2, 0) is 10.0 Å². The average Bonchev–Trinajstić information content (AvgIpc) is 2.69. The van der Waals surface area contributed by atoms with Gasteiger partial charge in [0.05, 0.1) is 16.0 Å². The predicted molar refractivity (Wildman–Crippen MR) is 109 cm³/mol. The molecular formula is C20H17N3O5S. The van der Waals surface area contributed by atoms with Gasteiger partial charge in [-0.1, -0.05) is 36.4 Å². The van der Waals surface area contributed by atoms with Crippen molar-refractivity contribution >= 4 is 21.9 Å². The topological polar surface area (TPSA) is 111 Å². The highest BCUT2D eigenvalue weighted by Gasteiger charge is 2.19. The first-order chi connectivity index (χ1) is 13.8. The van der Waals surface area contributed by atoms with Gasteiger partial charge in [-0.2, -0.15) is 13.5 Å². The van der Waals surface area contributed by atoms with Gasteiger partial charge in [0.15, 0.2) is 0 Å². The fourth-order valence-corrected chi connectivity index (χ4v) is 3.27. The fraction of sp³-hybridized carbons (Fsp3) is 0.0500. The van der Waals surface area contributed by atoms with Crippen molar-refractivity contribution in [2.75, 3.05) is 0 Å². The lowest BCUT2D eigenvalue weighted by molar-refractivity contribution is -0.385. The quantitative estimate of drug-likeness (QED) is 0.359. The molecule has 0 unspecified atom stereocenters. The molecule has 3 aromatic rings. The fourth-order valence-electron chi connectivity index (χ4n) is 2.46. The van der Waals surface area contributed by atoms with Crippen LogP contribution >= 0.6 is 0 Å². The van der Waals surface area contributed by atoms with Crippen molar-refractivity contribution in [1.29, 1.82) is 0 Å². The van der Waals surface area contributed by atoms with Gasteiger partial charge < -0.3 is 4.74 Å². The Morgan fingerprint density at radius 1 is 1.00 bits per heavy atom. The van der Waals surface area contributed by atoms with Gasteiger partial charge in [0.2, 0.25) is 0 Å². The molecule has 0 heterocycles. The maximum absolute atomic E-state index is 12.3.